The lowest BCUT2D eigenvalue weighted by atomic mass is 9.85. The maximum absolute atomic E-state index is 11.6. The van der Waals surface area contributed by atoms with Crippen molar-refractivity contribution in [3.8, 4) is 0 Å². The third-order valence-corrected chi connectivity index (χ3v) is 4.16. The Morgan fingerprint density at radius 1 is 1.44 bits per heavy atom. The molecule has 0 atom stereocenters. The average Bonchev–Trinajstić information content (AvgIpc) is 2.88. The Bertz CT molecular complexity index is 405. The molecule has 0 saturated heterocycles. The summed E-state index contributed by atoms with van der Waals surface area (Å²) in [5, 5.41) is 15.0. The molecular formula is C14H19NO2S. The Labute approximate surface area is 112 Å². The molecule has 98 valence electrons. The second-order valence-corrected chi connectivity index (χ2v) is 5.83. The van der Waals surface area contributed by atoms with Crippen molar-refractivity contribution in [2.24, 2.45) is 0 Å². The highest BCUT2D eigenvalue weighted by molar-refractivity contribution is 7.10. The third-order valence-electron chi connectivity index (χ3n) is 3.32. The number of nitrogens with one attached hydrogen (secondary N) is 1. The molecular weight excluding hydrogens is 246 g/mol. The molecule has 2 N–H and O–H groups in total. The smallest absolute Gasteiger partial charge is 0.244 e. The van der Waals surface area contributed by atoms with Crippen LogP contribution in [0.5, 0.6) is 0 Å². The van der Waals surface area contributed by atoms with Crippen LogP contribution in [0, 0.1) is 0 Å². The third kappa shape index (κ3) is 3.96. The molecule has 0 unspecified atom stereocenters. The minimum Gasteiger partial charge on any atom is -0.388 e. The number of aliphatic hydroxyl groups is 1. The molecule has 4 heteroatoms. The standard InChI is InChI=1S/C14H19NO2S/c16-13(7-6-12-5-4-10-18-12)15-11-14(17)8-2-1-3-9-14/h4-7,10,17H,1-3,8-9,11H2,(H,15,16). The van der Waals surface area contributed by atoms with Crippen molar-refractivity contribution in [2.75, 3.05) is 6.54 Å². The Morgan fingerprint density at radius 2 is 2.22 bits per heavy atom. The van der Waals surface area contributed by atoms with Gasteiger partial charge in [0, 0.05) is 17.5 Å². The van der Waals surface area contributed by atoms with Crippen LogP contribution in [0.25, 0.3) is 6.08 Å². The molecule has 2 rings (SSSR count). The van der Waals surface area contributed by atoms with Crippen LogP contribution in [0.2, 0.25) is 0 Å². The van der Waals surface area contributed by atoms with Gasteiger partial charge < -0.3 is 10.4 Å². The first-order chi connectivity index (χ1) is 8.68. The van der Waals surface area contributed by atoms with Gasteiger partial charge in [0.2, 0.25) is 5.91 Å². The largest absolute Gasteiger partial charge is 0.388 e. The van der Waals surface area contributed by atoms with Crippen LogP contribution < -0.4 is 5.32 Å². The van der Waals surface area contributed by atoms with Crippen molar-refractivity contribution in [2.45, 2.75) is 37.7 Å². The maximum Gasteiger partial charge on any atom is 0.244 e. The van der Waals surface area contributed by atoms with Gasteiger partial charge in [0.25, 0.3) is 0 Å². The summed E-state index contributed by atoms with van der Waals surface area (Å²) in [6.07, 6.45) is 8.20. The Hall–Kier alpha value is -1.13. The van der Waals surface area contributed by atoms with E-state index in [4.69, 9.17) is 0 Å². The summed E-state index contributed by atoms with van der Waals surface area (Å²) in [6, 6.07) is 3.91. The van der Waals surface area contributed by atoms with Crippen LogP contribution in [0.1, 0.15) is 37.0 Å². The molecule has 1 saturated carbocycles. The summed E-state index contributed by atoms with van der Waals surface area (Å²) in [5.74, 6) is -0.137. The van der Waals surface area contributed by atoms with Crippen molar-refractivity contribution in [3.63, 3.8) is 0 Å². The molecule has 1 aliphatic rings. The molecule has 0 aromatic carbocycles. The number of hydrogen-bond donors (Lipinski definition) is 2. The molecule has 1 aromatic rings. The van der Waals surface area contributed by atoms with Crippen LogP contribution in [0.15, 0.2) is 23.6 Å². The minimum atomic E-state index is -0.690. The first kappa shape index (κ1) is 13.3. The lowest BCUT2D eigenvalue weighted by Crippen LogP contribution is -2.43. The number of hydrogen-bond acceptors (Lipinski definition) is 3. The van der Waals surface area contributed by atoms with Crippen LogP contribution in [0.4, 0.5) is 0 Å². The van der Waals surface area contributed by atoms with Gasteiger partial charge in [-0.15, -0.1) is 11.3 Å². The summed E-state index contributed by atoms with van der Waals surface area (Å²) in [4.78, 5) is 12.7. The van der Waals surface area contributed by atoms with Crippen molar-refractivity contribution < 1.29 is 9.90 Å². The molecule has 0 radical (unpaired) electrons. The van der Waals surface area contributed by atoms with Gasteiger partial charge in [-0.05, 0) is 30.4 Å². The highest BCUT2D eigenvalue weighted by atomic mass is 32.1. The molecule has 0 spiro atoms. The number of amides is 1. The van der Waals surface area contributed by atoms with E-state index in [9.17, 15) is 9.90 Å². The van der Waals surface area contributed by atoms with Gasteiger partial charge in [-0.1, -0.05) is 25.3 Å². The second kappa shape index (κ2) is 6.16. The van der Waals surface area contributed by atoms with Crippen molar-refractivity contribution in [1.29, 1.82) is 0 Å². The number of carbonyl (C=O) groups is 1. The van der Waals surface area contributed by atoms with E-state index in [1.807, 2.05) is 17.5 Å². The normalized spacial score (nSPS) is 18.9. The topological polar surface area (TPSA) is 49.3 Å². The van der Waals surface area contributed by atoms with Gasteiger partial charge in [-0.25, -0.2) is 0 Å². The highest BCUT2D eigenvalue weighted by Crippen LogP contribution is 2.27. The first-order valence-corrected chi connectivity index (χ1v) is 7.28. The maximum atomic E-state index is 11.6. The number of rotatable bonds is 4. The molecule has 1 heterocycles. The second-order valence-electron chi connectivity index (χ2n) is 4.85. The van der Waals surface area contributed by atoms with E-state index < -0.39 is 5.60 Å². The van der Waals surface area contributed by atoms with E-state index in [0.29, 0.717) is 6.54 Å². The van der Waals surface area contributed by atoms with Crippen LogP contribution in [-0.4, -0.2) is 23.2 Å². The quantitative estimate of drug-likeness (QED) is 0.822. The van der Waals surface area contributed by atoms with Crippen LogP contribution in [0.3, 0.4) is 0 Å². The molecule has 1 aromatic heterocycles. The SMILES string of the molecule is O=C(C=Cc1cccs1)NCC1(O)CCCCC1. The van der Waals surface area contributed by atoms with Crippen LogP contribution in [-0.2, 0) is 4.79 Å². The van der Waals surface area contributed by atoms with E-state index in [2.05, 4.69) is 5.32 Å². The average molecular weight is 265 g/mol. The van der Waals surface area contributed by atoms with E-state index in [1.54, 1.807) is 17.4 Å². The fourth-order valence-electron chi connectivity index (χ4n) is 2.24. The van der Waals surface area contributed by atoms with E-state index in [-0.39, 0.29) is 5.91 Å². The molecule has 18 heavy (non-hydrogen) atoms. The van der Waals surface area contributed by atoms with E-state index >= 15 is 0 Å². The Morgan fingerprint density at radius 3 is 2.89 bits per heavy atom. The number of thiophene rings is 1. The van der Waals surface area contributed by atoms with E-state index in [0.717, 1.165) is 30.6 Å². The zero-order valence-electron chi connectivity index (χ0n) is 10.4. The predicted molar refractivity (Wildman–Crippen MR) is 74.4 cm³/mol. The predicted octanol–water partition coefficient (Wildman–Crippen LogP) is 2.57. The Kier molecular flexibility index (Phi) is 4.55. The molecule has 0 aliphatic heterocycles. The van der Waals surface area contributed by atoms with Gasteiger partial charge in [0.15, 0.2) is 0 Å². The van der Waals surface area contributed by atoms with Crippen molar-refractivity contribution in [3.05, 3.63) is 28.5 Å². The minimum absolute atomic E-state index is 0.137. The van der Waals surface area contributed by atoms with E-state index in [1.165, 1.54) is 12.5 Å². The van der Waals surface area contributed by atoms with Crippen LogP contribution >= 0.6 is 11.3 Å². The molecule has 3 nitrogen and oxygen atoms in total. The van der Waals surface area contributed by atoms with Gasteiger partial charge in [0.1, 0.15) is 0 Å². The van der Waals surface area contributed by atoms with Crippen molar-refractivity contribution in [1.82, 2.24) is 5.32 Å². The summed E-state index contributed by atoms with van der Waals surface area (Å²) < 4.78 is 0. The van der Waals surface area contributed by atoms with Gasteiger partial charge >= 0.3 is 0 Å². The summed E-state index contributed by atoms with van der Waals surface area (Å²) in [7, 11) is 0. The Balaban J connectivity index is 1.77. The molecule has 0 bridgehead atoms. The number of carbonyl (C=O) groups excluding carboxylic acids is 1. The summed E-state index contributed by atoms with van der Waals surface area (Å²) in [6.45, 7) is 0.362. The summed E-state index contributed by atoms with van der Waals surface area (Å²) >= 11 is 1.59. The van der Waals surface area contributed by atoms with Crippen molar-refractivity contribution >= 4 is 23.3 Å². The monoisotopic (exact) mass is 265 g/mol. The zero-order valence-corrected chi connectivity index (χ0v) is 11.2. The summed E-state index contributed by atoms with van der Waals surface area (Å²) in [5.41, 5.74) is -0.690. The zero-order chi connectivity index (χ0) is 12.8. The lowest BCUT2D eigenvalue weighted by molar-refractivity contribution is -0.118. The first-order valence-electron chi connectivity index (χ1n) is 6.40. The molecule has 1 aliphatic carbocycles. The van der Waals surface area contributed by atoms with Gasteiger partial charge in [0.05, 0.1) is 5.60 Å². The molecule has 1 amide bonds. The lowest BCUT2D eigenvalue weighted by Gasteiger charge is -2.31. The van der Waals surface area contributed by atoms with Gasteiger partial charge in [-0.3, -0.25) is 4.79 Å². The highest BCUT2D eigenvalue weighted by Gasteiger charge is 2.29. The fraction of sp³-hybridized carbons (Fsp3) is 0.500. The molecule has 1 fully saturated rings. The van der Waals surface area contributed by atoms with Gasteiger partial charge in [-0.2, -0.15) is 0 Å². The fourth-order valence-corrected chi connectivity index (χ4v) is 2.86.